The van der Waals surface area contributed by atoms with Crippen molar-refractivity contribution in [1.82, 2.24) is 0 Å². The quantitative estimate of drug-likeness (QED) is 0.360. The lowest BCUT2D eigenvalue weighted by Gasteiger charge is -2.10. The zero-order valence-electron chi connectivity index (χ0n) is 17.6. The van der Waals surface area contributed by atoms with Crippen LogP contribution < -0.4 is 9.47 Å². The molecule has 160 valence electrons. The van der Waals surface area contributed by atoms with Gasteiger partial charge in [-0.05, 0) is 48.6 Å². The molecular weight excluding hydrogens is 388 g/mol. The van der Waals surface area contributed by atoms with Crippen molar-refractivity contribution in [3.63, 3.8) is 0 Å². The van der Waals surface area contributed by atoms with Crippen LogP contribution in [-0.2, 0) is 17.8 Å². The molecule has 0 radical (unpaired) electrons. The summed E-state index contributed by atoms with van der Waals surface area (Å²) in [6, 6.07) is 26.0. The molecule has 4 heteroatoms. The van der Waals surface area contributed by atoms with Gasteiger partial charge < -0.3 is 14.6 Å². The van der Waals surface area contributed by atoms with E-state index < -0.39 is 5.97 Å². The van der Waals surface area contributed by atoms with E-state index in [-0.39, 0.29) is 6.42 Å². The third-order valence-corrected chi connectivity index (χ3v) is 4.80. The Balaban J connectivity index is 1.41. The molecule has 4 nitrogen and oxygen atoms in total. The molecule has 0 spiro atoms. The Morgan fingerprint density at radius 1 is 0.806 bits per heavy atom. The van der Waals surface area contributed by atoms with Crippen LogP contribution in [0.5, 0.6) is 11.5 Å². The minimum absolute atomic E-state index is 0.0119. The summed E-state index contributed by atoms with van der Waals surface area (Å²) in [5.74, 6) is 0.733. The van der Waals surface area contributed by atoms with Crippen LogP contribution in [0.1, 0.15) is 36.0 Å². The molecule has 1 N–H and O–H groups in total. The van der Waals surface area contributed by atoms with Crippen molar-refractivity contribution in [2.75, 3.05) is 6.61 Å². The van der Waals surface area contributed by atoms with Crippen LogP contribution in [0.15, 0.2) is 84.9 Å². The van der Waals surface area contributed by atoms with Crippen molar-refractivity contribution in [2.45, 2.75) is 32.3 Å². The topological polar surface area (TPSA) is 55.8 Å². The number of hydrogen-bond acceptors (Lipinski definition) is 3. The van der Waals surface area contributed by atoms with Crippen molar-refractivity contribution in [1.29, 1.82) is 0 Å². The molecule has 0 atom stereocenters. The summed E-state index contributed by atoms with van der Waals surface area (Å²) in [5.41, 5.74) is 3.27. The average molecular weight is 417 g/mol. The summed E-state index contributed by atoms with van der Waals surface area (Å²) in [6.07, 6.45) is 6.59. The number of hydrogen-bond donors (Lipinski definition) is 1. The monoisotopic (exact) mass is 416 g/mol. The third-order valence-electron chi connectivity index (χ3n) is 4.80. The van der Waals surface area contributed by atoms with E-state index >= 15 is 0 Å². The van der Waals surface area contributed by atoms with Gasteiger partial charge in [-0.3, -0.25) is 4.79 Å². The van der Waals surface area contributed by atoms with Gasteiger partial charge in [0.15, 0.2) is 0 Å². The first-order chi connectivity index (χ1) is 15.2. The largest absolute Gasteiger partial charge is 0.494 e. The number of aryl methyl sites for hydroxylation is 1. The van der Waals surface area contributed by atoms with Gasteiger partial charge in [0.25, 0.3) is 0 Å². The van der Waals surface area contributed by atoms with E-state index in [1.165, 1.54) is 5.56 Å². The van der Waals surface area contributed by atoms with E-state index in [0.717, 1.165) is 41.9 Å². The normalized spacial score (nSPS) is 10.8. The molecule has 0 bridgehead atoms. The Hall–Kier alpha value is -3.53. The van der Waals surface area contributed by atoms with E-state index in [2.05, 4.69) is 24.3 Å². The highest BCUT2D eigenvalue weighted by molar-refractivity contribution is 5.71. The molecule has 0 amide bonds. The fraction of sp³-hybridized carbons (Fsp3) is 0.222. The van der Waals surface area contributed by atoms with Gasteiger partial charge in [-0.25, -0.2) is 0 Å². The second-order valence-electron chi connectivity index (χ2n) is 7.26. The van der Waals surface area contributed by atoms with E-state index in [9.17, 15) is 4.79 Å². The molecule has 0 fully saturated rings. The Labute approximate surface area is 183 Å². The highest BCUT2D eigenvalue weighted by atomic mass is 16.5. The van der Waals surface area contributed by atoms with E-state index in [0.29, 0.717) is 13.2 Å². The van der Waals surface area contributed by atoms with Gasteiger partial charge in [-0.2, -0.15) is 0 Å². The number of para-hydroxylation sites is 1. The lowest BCUT2D eigenvalue weighted by molar-refractivity contribution is -0.135. The number of carbonyl (C=O) groups is 1. The molecule has 31 heavy (non-hydrogen) atoms. The van der Waals surface area contributed by atoms with Gasteiger partial charge in [0.1, 0.15) is 18.1 Å². The van der Waals surface area contributed by atoms with Crippen LogP contribution in [0.2, 0.25) is 0 Å². The van der Waals surface area contributed by atoms with Gasteiger partial charge in [0.05, 0.1) is 13.0 Å². The Kier molecular flexibility index (Phi) is 8.74. The van der Waals surface area contributed by atoms with Crippen molar-refractivity contribution in [3.8, 4) is 11.5 Å². The molecule has 3 aromatic carbocycles. The van der Waals surface area contributed by atoms with Crippen molar-refractivity contribution in [2.24, 2.45) is 0 Å². The van der Waals surface area contributed by atoms with Crippen molar-refractivity contribution < 1.29 is 19.4 Å². The molecule has 0 heterocycles. The fourth-order valence-electron chi connectivity index (χ4n) is 3.15. The number of aliphatic carboxylic acids is 1. The first kappa shape index (κ1) is 22.2. The SMILES string of the molecule is O=C(O)CC=Cc1ccccc1OCc1ccc(OCCCCc2ccccc2)cc1. The molecule has 0 unspecified atom stereocenters. The van der Waals surface area contributed by atoms with Crippen LogP contribution in [0, 0.1) is 0 Å². The van der Waals surface area contributed by atoms with E-state index in [4.69, 9.17) is 14.6 Å². The highest BCUT2D eigenvalue weighted by Gasteiger charge is 2.02. The molecule has 0 aromatic heterocycles. The van der Waals surface area contributed by atoms with Gasteiger partial charge in [0, 0.05) is 5.56 Å². The lowest BCUT2D eigenvalue weighted by atomic mass is 10.1. The van der Waals surface area contributed by atoms with Crippen LogP contribution in [0.4, 0.5) is 0 Å². The predicted molar refractivity (Wildman–Crippen MR) is 123 cm³/mol. The number of ether oxygens (including phenoxy) is 2. The summed E-state index contributed by atoms with van der Waals surface area (Å²) < 4.78 is 11.8. The second-order valence-corrected chi connectivity index (χ2v) is 7.26. The maximum Gasteiger partial charge on any atom is 0.307 e. The standard InChI is InChI=1S/C27H28O4/c28-27(29)15-8-13-24-12-4-5-14-26(24)31-21-23-16-18-25(19-17-23)30-20-7-6-11-22-9-2-1-3-10-22/h1-5,8-10,12-14,16-19H,6-7,11,15,20-21H2,(H,28,29). The maximum absolute atomic E-state index is 10.7. The Bertz CT molecular complexity index is 962. The van der Waals surface area contributed by atoms with E-state index in [1.54, 1.807) is 12.2 Å². The molecule has 3 rings (SSSR count). The molecule has 0 aliphatic carbocycles. The third kappa shape index (κ3) is 8.01. The Morgan fingerprint density at radius 3 is 2.32 bits per heavy atom. The van der Waals surface area contributed by atoms with Crippen LogP contribution in [0.3, 0.4) is 0 Å². The van der Waals surface area contributed by atoms with Gasteiger partial charge in [-0.1, -0.05) is 72.8 Å². The van der Waals surface area contributed by atoms with Crippen molar-refractivity contribution >= 4 is 12.0 Å². The Morgan fingerprint density at radius 2 is 1.55 bits per heavy atom. The van der Waals surface area contributed by atoms with Gasteiger partial charge in [-0.15, -0.1) is 0 Å². The van der Waals surface area contributed by atoms with Crippen molar-refractivity contribution in [3.05, 3.63) is 102 Å². The van der Waals surface area contributed by atoms with Crippen LogP contribution in [-0.4, -0.2) is 17.7 Å². The lowest BCUT2D eigenvalue weighted by Crippen LogP contribution is -2.00. The molecule has 0 saturated carbocycles. The highest BCUT2D eigenvalue weighted by Crippen LogP contribution is 2.22. The zero-order chi connectivity index (χ0) is 21.7. The number of carboxylic acids is 1. The number of rotatable bonds is 12. The molecule has 3 aromatic rings. The molecule has 0 aliphatic heterocycles. The summed E-state index contributed by atoms with van der Waals surface area (Å²) in [7, 11) is 0. The smallest absolute Gasteiger partial charge is 0.307 e. The van der Waals surface area contributed by atoms with Crippen LogP contribution >= 0.6 is 0 Å². The minimum Gasteiger partial charge on any atom is -0.494 e. The number of benzene rings is 3. The van der Waals surface area contributed by atoms with E-state index in [1.807, 2.05) is 54.6 Å². The first-order valence-electron chi connectivity index (χ1n) is 10.6. The summed E-state index contributed by atoms with van der Waals surface area (Å²) in [4.78, 5) is 10.7. The minimum atomic E-state index is -0.854. The number of carboxylic acid groups (broad SMARTS) is 1. The molecular formula is C27H28O4. The fourth-order valence-corrected chi connectivity index (χ4v) is 3.15. The van der Waals surface area contributed by atoms with Gasteiger partial charge >= 0.3 is 5.97 Å². The molecule has 0 saturated heterocycles. The summed E-state index contributed by atoms with van der Waals surface area (Å²) >= 11 is 0. The molecule has 0 aliphatic rings. The maximum atomic E-state index is 10.7. The number of unbranched alkanes of at least 4 members (excludes halogenated alkanes) is 1. The zero-order valence-corrected chi connectivity index (χ0v) is 17.6. The summed E-state index contributed by atoms with van der Waals surface area (Å²) in [6.45, 7) is 1.14. The predicted octanol–water partition coefficient (Wildman–Crippen LogP) is 6.16. The summed E-state index contributed by atoms with van der Waals surface area (Å²) in [5, 5.41) is 8.77. The average Bonchev–Trinajstić information content (AvgIpc) is 2.79. The second kappa shape index (κ2) is 12.2. The first-order valence-corrected chi connectivity index (χ1v) is 10.6. The van der Waals surface area contributed by atoms with Gasteiger partial charge in [0.2, 0.25) is 0 Å². The van der Waals surface area contributed by atoms with Crippen LogP contribution in [0.25, 0.3) is 6.08 Å².